The molecule has 3 atom stereocenters. The van der Waals surface area contributed by atoms with Gasteiger partial charge in [0.25, 0.3) is 0 Å². The lowest BCUT2D eigenvalue weighted by Gasteiger charge is -2.27. The number of aldehydes is 1. The molecule has 0 radical (unpaired) electrons. The first-order valence-corrected chi connectivity index (χ1v) is 10.3. The fourth-order valence-corrected chi connectivity index (χ4v) is 3.14. The molecular weight excluding hydrogens is 358 g/mol. The highest BCUT2D eigenvalue weighted by molar-refractivity contribution is 5.97. The van der Waals surface area contributed by atoms with Crippen LogP contribution in [-0.2, 0) is 14.3 Å². The van der Waals surface area contributed by atoms with E-state index < -0.39 is 17.7 Å². The predicted molar refractivity (Wildman–Crippen MR) is 110 cm³/mol. The summed E-state index contributed by atoms with van der Waals surface area (Å²) >= 11 is 0. The number of esters is 1. The standard InChI is InChI=1S/C22H35NO5/c1-5-9-10-17(6-2)15-28-21(26)22(27,16-24)20(25)18-11-13-19(14-12-18)23(7-3)8-4/h11-14,16-17,20,25,27H,5-10,15H2,1-4H3. The van der Waals surface area contributed by atoms with Gasteiger partial charge in [0.1, 0.15) is 6.10 Å². The lowest BCUT2D eigenvalue weighted by molar-refractivity contribution is -0.179. The molecule has 1 aromatic rings. The predicted octanol–water partition coefficient (Wildman–Crippen LogP) is 3.26. The van der Waals surface area contributed by atoms with Crippen LogP contribution in [0.2, 0.25) is 0 Å². The molecule has 1 rings (SSSR count). The number of unbranched alkanes of at least 4 members (excludes halogenated alkanes) is 1. The van der Waals surface area contributed by atoms with Gasteiger partial charge in [-0.25, -0.2) is 4.79 Å². The first kappa shape index (κ1) is 24.1. The number of aliphatic hydroxyl groups excluding tert-OH is 1. The molecule has 0 bridgehead atoms. The quantitative estimate of drug-likeness (QED) is 0.304. The van der Waals surface area contributed by atoms with Crippen LogP contribution in [0.25, 0.3) is 0 Å². The van der Waals surface area contributed by atoms with E-state index in [9.17, 15) is 19.8 Å². The number of rotatable bonds is 13. The summed E-state index contributed by atoms with van der Waals surface area (Å²) in [6, 6.07) is 6.80. The van der Waals surface area contributed by atoms with Crippen molar-refractivity contribution in [1.29, 1.82) is 0 Å². The van der Waals surface area contributed by atoms with Gasteiger partial charge in [0.05, 0.1) is 6.61 Å². The van der Waals surface area contributed by atoms with E-state index in [2.05, 4.69) is 11.8 Å². The van der Waals surface area contributed by atoms with Crippen molar-refractivity contribution in [3.63, 3.8) is 0 Å². The average molecular weight is 394 g/mol. The Labute approximate surface area is 168 Å². The van der Waals surface area contributed by atoms with Crippen LogP contribution in [0.3, 0.4) is 0 Å². The summed E-state index contributed by atoms with van der Waals surface area (Å²) < 4.78 is 5.20. The highest BCUT2D eigenvalue weighted by Gasteiger charge is 2.46. The minimum atomic E-state index is -2.63. The van der Waals surface area contributed by atoms with Crippen LogP contribution in [0, 0.1) is 5.92 Å². The van der Waals surface area contributed by atoms with Crippen molar-refractivity contribution in [3.05, 3.63) is 29.8 Å². The van der Waals surface area contributed by atoms with Gasteiger partial charge in [-0.1, -0.05) is 45.2 Å². The van der Waals surface area contributed by atoms with Gasteiger partial charge in [-0.2, -0.15) is 0 Å². The maximum absolute atomic E-state index is 12.4. The number of benzene rings is 1. The topological polar surface area (TPSA) is 87.1 Å². The number of aliphatic hydroxyl groups is 2. The van der Waals surface area contributed by atoms with Crippen molar-refractivity contribution in [2.24, 2.45) is 5.92 Å². The van der Waals surface area contributed by atoms with Gasteiger partial charge in [-0.05, 0) is 43.9 Å². The zero-order valence-electron chi connectivity index (χ0n) is 17.6. The molecule has 158 valence electrons. The summed E-state index contributed by atoms with van der Waals surface area (Å²) in [5.41, 5.74) is -1.39. The maximum Gasteiger partial charge on any atom is 0.348 e. The molecule has 1 aromatic carbocycles. The zero-order valence-corrected chi connectivity index (χ0v) is 17.6. The highest BCUT2D eigenvalue weighted by Crippen LogP contribution is 2.28. The van der Waals surface area contributed by atoms with Crippen LogP contribution < -0.4 is 4.90 Å². The summed E-state index contributed by atoms with van der Waals surface area (Å²) in [5, 5.41) is 21.1. The molecule has 0 amide bonds. The highest BCUT2D eigenvalue weighted by atomic mass is 16.6. The summed E-state index contributed by atoms with van der Waals surface area (Å²) in [7, 11) is 0. The maximum atomic E-state index is 12.4. The minimum absolute atomic E-state index is 0.0608. The molecule has 0 aliphatic carbocycles. The second-order valence-electron chi connectivity index (χ2n) is 7.12. The molecule has 0 saturated heterocycles. The Morgan fingerprint density at radius 1 is 1.18 bits per heavy atom. The second kappa shape index (κ2) is 11.8. The summed E-state index contributed by atoms with van der Waals surface area (Å²) in [5.74, 6) is -0.942. The number of nitrogens with zero attached hydrogens (tertiary/aromatic N) is 1. The van der Waals surface area contributed by atoms with Crippen LogP contribution in [0.1, 0.15) is 65.0 Å². The van der Waals surface area contributed by atoms with E-state index >= 15 is 0 Å². The Morgan fingerprint density at radius 3 is 2.25 bits per heavy atom. The SMILES string of the molecule is CCCCC(CC)COC(=O)C(O)(C=O)C(O)c1ccc(N(CC)CC)cc1. The second-order valence-corrected chi connectivity index (χ2v) is 7.12. The zero-order chi connectivity index (χ0) is 21.2. The van der Waals surface area contributed by atoms with Gasteiger partial charge in [0.2, 0.25) is 5.60 Å². The Kier molecular flexibility index (Phi) is 10.2. The smallest absolute Gasteiger partial charge is 0.348 e. The van der Waals surface area contributed by atoms with Crippen molar-refractivity contribution in [2.75, 3.05) is 24.6 Å². The van der Waals surface area contributed by atoms with Crippen LogP contribution in [0.4, 0.5) is 5.69 Å². The molecule has 0 aromatic heterocycles. The van der Waals surface area contributed by atoms with Gasteiger partial charge in [0, 0.05) is 18.8 Å². The van der Waals surface area contributed by atoms with E-state index in [0.29, 0.717) is 0 Å². The molecule has 0 saturated carbocycles. The lowest BCUT2D eigenvalue weighted by Crippen LogP contribution is -2.47. The molecule has 2 N–H and O–H groups in total. The van der Waals surface area contributed by atoms with Crippen molar-refractivity contribution in [3.8, 4) is 0 Å². The minimum Gasteiger partial charge on any atom is -0.463 e. The lowest BCUT2D eigenvalue weighted by atomic mass is 9.92. The normalized spacial score (nSPS) is 15.4. The van der Waals surface area contributed by atoms with Crippen LogP contribution in [0.5, 0.6) is 0 Å². The molecule has 3 unspecified atom stereocenters. The number of ether oxygens (including phenoxy) is 1. The molecule has 6 nitrogen and oxygen atoms in total. The van der Waals surface area contributed by atoms with Crippen LogP contribution >= 0.6 is 0 Å². The van der Waals surface area contributed by atoms with Crippen molar-refractivity contribution < 1.29 is 24.5 Å². The van der Waals surface area contributed by atoms with Gasteiger partial charge in [-0.15, -0.1) is 0 Å². The number of carbonyl (C=O) groups is 2. The van der Waals surface area contributed by atoms with Crippen molar-refractivity contribution in [2.45, 2.75) is 65.1 Å². The Morgan fingerprint density at radius 2 is 1.79 bits per heavy atom. The van der Waals surface area contributed by atoms with Crippen molar-refractivity contribution >= 4 is 17.9 Å². The van der Waals surface area contributed by atoms with Crippen LogP contribution in [0.15, 0.2) is 24.3 Å². The average Bonchev–Trinajstić information content (AvgIpc) is 2.73. The first-order valence-electron chi connectivity index (χ1n) is 10.3. The van der Waals surface area contributed by atoms with E-state index in [1.807, 2.05) is 20.8 Å². The third-order valence-electron chi connectivity index (χ3n) is 5.25. The molecule has 0 heterocycles. The fraction of sp³-hybridized carbons (Fsp3) is 0.636. The molecule has 0 spiro atoms. The van der Waals surface area contributed by atoms with Crippen LogP contribution in [-0.4, -0.2) is 47.8 Å². The summed E-state index contributed by atoms with van der Waals surface area (Å²) in [6.45, 7) is 9.96. The van der Waals surface area contributed by atoms with E-state index in [1.165, 1.54) is 0 Å². The molecular formula is C22H35NO5. The Balaban J connectivity index is 2.87. The number of hydrogen-bond acceptors (Lipinski definition) is 6. The molecule has 0 aliphatic rings. The molecule has 28 heavy (non-hydrogen) atoms. The van der Waals surface area contributed by atoms with E-state index in [-0.39, 0.29) is 24.4 Å². The van der Waals surface area contributed by atoms with E-state index in [0.717, 1.165) is 44.5 Å². The van der Waals surface area contributed by atoms with Gasteiger partial charge in [-0.3, -0.25) is 4.79 Å². The van der Waals surface area contributed by atoms with E-state index in [4.69, 9.17) is 4.74 Å². The summed E-state index contributed by atoms with van der Waals surface area (Å²) in [4.78, 5) is 26.0. The van der Waals surface area contributed by atoms with E-state index in [1.54, 1.807) is 24.3 Å². The van der Waals surface area contributed by atoms with Crippen molar-refractivity contribution in [1.82, 2.24) is 0 Å². The molecule has 0 aliphatic heterocycles. The van der Waals surface area contributed by atoms with Gasteiger partial charge >= 0.3 is 5.97 Å². The monoisotopic (exact) mass is 393 g/mol. The third-order valence-corrected chi connectivity index (χ3v) is 5.25. The molecule has 6 heteroatoms. The molecule has 0 fully saturated rings. The number of carbonyl (C=O) groups excluding carboxylic acids is 2. The Hall–Kier alpha value is -1.92. The first-order chi connectivity index (χ1) is 13.4. The Bertz CT molecular complexity index is 599. The largest absolute Gasteiger partial charge is 0.463 e. The third kappa shape index (κ3) is 6.04. The number of anilines is 1. The fourth-order valence-electron chi connectivity index (χ4n) is 3.14. The van der Waals surface area contributed by atoms with Gasteiger partial charge in [0.15, 0.2) is 6.29 Å². The van der Waals surface area contributed by atoms with Gasteiger partial charge < -0.3 is 19.8 Å². The summed E-state index contributed by atoms with van der Waals surface area (Å²) in [6.07, 6.45) is 2.18. The number of hydrogen-bond donors (Lipinski definition) is 2.